The fourth-order valence-corrected chi connectivity index (χ4v) is 3.99. The largest absolute Gasteiger partial charge is 0.363 e. The summed E-state index contributed by atoms with van der Waals surface area (Å²) >= 11 is 5.61. The molecule has 3 aromatic rings. The van der Waals surface area contributed by atoms with Gasteiger partial charge in [-0.2, -0.15) is 0 Å². The molecule has 0 radical (unpaired) electrons. The van der Waals surface area contributed by atoms with Gasteiger partial charge in [-0.15, -0.1) is 0 Å². The van der Waals surface area contributed by atoms with Crippen molar-refractivity contribution in [2.24, 2.45) is 0 Å². The molecule has 1 saturated heterocycles. The number of carbonyl (C=O) groups excluding carboxylic acids is 1. The minimum absolute atomic E-state index is 0.0337. The summed E-state index contributed by atoms with van der Waals surface area (Å²) in [4.78, 5) is 22.4. The number of para-hydroxylation sites is 1. The summed E-state index contributed by atoms with van der Waals surface area (Å²) in [6.07, 6.45) is 4.02. The molecule has 29 heavy (non-hydrogen) atoms. The van der Waals surface area contributed by atoms with E-state index in [-0.39, 0.29) is 18.0 Å². The Kier molecular flexibility index (Phi) is 5.57. The Labute approximate surface area is 175 Å². The molecule has 4 rings (SSSR count). The minimum atomic E-state index is -0.0817. The molecule has 1 aliphatic rings. The number of rotatable bonds is 6. The average molecular weight is 406 g/mol. The number of carbonyl (C=O) groups is 1. The smallest absolute Gasteiger partial charge is 0.226 e. The summed E-state index contributed by atoms with van der Waals surface area (Å²) in [6, 6.07) is 17.5. The fraction of sp³-hybridized carbons (Fsp3) is 0.227. The lowest BCUT2D eigenvalue weighted by molar-refractivity contribution is -0.116. The standard InChI is InChI=1S/C22H23N5OS/c1-15-7-2-3-8-16(15)25-19(28)11-14-27-21(18-10-6-13-24-18)20(26-22(27)29)17-9-4-5-12-23-17/h2-10,12-13,20-21,24H,11,14H2,1H3,(H,25,28)(H,26,29)/t20-,21+/m0/s1. The lowest BCUT2D eigenvalue weighted by atomic mass is 10.0. The number of nitrogens with zero attached hydrogens (tertiary/aromatic N) is 2. The molecular weight excluding hydrogens is 382 g/mol. The maximum absolute atomic E-state index is 12.6. The Bertz CT molecular complexity index is 989. The van der Waals surface area contributed by atoms with Crippen LogP contribution in [-0.4, -0.2) is 32.4 Å². The molecule has 0 unspecified atom stereocenters. The Morgan fingerprint density at radius 2 is 2.00 bits per heavy atom. The third-order valence-corrected chi connectivity index (χ3v) is 5.49. The first-order chi connectivity index (χ1) is 14.1. The van der Waals surface area contributed by atoms with E-state index in [1.807, 2.05) is 67.7 Å². The molecule has 2 atom stereocenters. The van der Waals surface area contributed by atoms with E-state index >= 15 is 0 Å². The zero-order chi connectivity index (χ0) is 20.2. The summed E-state index contributed by atoms with van der Waals surface area (Å²) in [5.41, 5.74) is 3.83. The van der Waals surface area contributed by atoms with Crippen molar-refractivity contribution < 1.29 is 4.79 Å². The van der Waals surface area contributed by atoms with Crippen LogP contribution in [0.1, 0.15) is 35.5 Å². The highest BCUT2D eigenvalue weighted by molar-refractivity contribution is 7.80. The number of aryl methyl sites for hydroxylation is 1. The van der Waals surface area contributed by atoms with Crippen LogP contribution in [0.15, 0.2) is 67.0 Å². The molecule has 3 heterocycles. The summed E-state index contributed by atoms with van der Waals surface area (Å²) < 4.78 is 0. The van der Waals surface area contributed by atoms with Gasteiger partial charge in [-0.05, 0) is 55.0 Å². The number of anilines is 1. The van der Waals surface area contributed by atoms with E-state index in [2.05, 4.69) is 25.5 Å². The van der Waals surface area contributed by atoms with Crippen LogP contribution in [0.3, 0.4) is 0 Å². The van der Waals surface area contributed by atoms with Crippen LogP contribution in [0.5, 0.6) is 0 Å². The SMILES string of the molecule is Cc1ccccc1NC(=O)CCN1C(=S)N[C@@H](c2ccccn2)[C@H]1c1ccc[nH]1. The number of benzene rings is 1. The zero-order valence-electron chi connectivity index (χ0n) is 16.1. The lowest BCUT2D eigenvalue weighted by Gasteiger charge is -2.26. The van der Waals surface area contributed by atoms with Crippen molar-refractivity contribution in [3.05, 3.63) is 83.9 Å². The number of aromatic amines is 1. The number of amides is 1. The fourth-order valence-electron chi connectivity index (χ4n) is 3.66. The molecule has 6 nitrogen and oxygen atoms in total. The molecule has 1 aliphatic heterocycles. The zero-order valence-corrected chi connectivity index (χ0v) is 16.9. The van der Waals surface area contributed by atoms with E-state index < -0.39 is 0 Å². The number of hydrogen-bond acceptors (Lipinski definition) is 3. The van der Waals surface area contributed by atoms with Crippen LogP contribution in [0.4, 0.5) is 5.69 Å². The highest BCUT2D eigenvalue weighted by Crippen LogP contribution is 2.37. The average Bonchev–Trinajstić information content (AvgIpc) is 3.36. The van der Waals surface area contributed by atoms with Gasteiger partial charge in [-0.3, -0.25) is 9.78 Å². The first kappa shape index (κ1) is 19.1. The van der Waals surface area contributed by atoms with Crippen molar-refractivity contribution in [1.82, 2.24) is 20.2 Å². The molecule has 0 aliphatic carbocycles. The Balaban J connectivity index is 1.50. The van der Waals surface area contributed by atoms with E-state index in [9.17, 15) is 4.79 Å². The molecule has 1 aromatic carbocycles. The third kappa shape index (κ3) is 4.14. The highest BCUT2D eigenvalue weighted by Gasteiger charge is 2.40. The topological polar surface area (TPSA) is 73.1 Å². The van der Waals surface area contributed by atoms with Gasteiger partial charge in [0.25, 0.3) is 0 Å². The second-order valence-corrected chi connectivity index (χ2v) is 7.45. The molecule has 1 fully saturated rings. The summed E-state index contributed by atoms with van der Waals surface area (Å²) in [7, 11) is 0. The van der Waals surface area contributed by atoms with Gasteiger partial charge in [-0.25, -0.2) is 0 Å². The minimum Gasteiger partial charge on any atom is -0.363 e. The molecule has 0 saturated carbocycles. The molecule has 7 heteroatoms. The van der Waals surface area contributed by atoms with Crippen LogP contribution in [0.2, 0.25) is 0 Å². The number of thiocarbonyl (C=S) groups is 1. The summed E-state index contributed by atoms with van der Waals surface area (Å²) in [5.74, 6) is -0.0337. The van der Waals surface area contributed by atoms with Gasteiger partial charge in [-0.1, -0.05) is 24.3 Å². The number of aromatic nitrogens is 2. The normalized spacial score (nSPS) is 18.5. The van der Waals surface area contributed by atoms with Crippen molar-refractivity contribution >= 4 is 28.9 Å². The molecule has 148 valence electrons. The molecule has 1 amide bonds. The van der Waals surface area contributed by atoms with Gasteiger partial charge in [0.2, 0.25) is 5.91 Å². The van der Waals surface area contributed by atoms with Gasteiger partial charge in [0.1, 0.15) is 0 Å². The monoisotopic (exact) mass is 405 g/mol. The highest BCUT2D eigenvalue weighted by atomic mass is 32.1. The molecular formula is C22H23N5OS. The van der Waals surface area contributed by atoms with E-state index in [1.165, 1.54) is 0 Å². The molecule has 0 spiro atoms. The first-order valence-electron chi connectivity index (χ1n) is 9.60. The van der Waals surface area contributed by atoms with E-state index in [4.69, 9.17) is 12.2 Å². The van der Waals surface area contributed by atoms with Gasteiger partial charge in [0, 0.05) is 36.7 Å². The van der Waals surface area contributed by atoms with Gasteiger partial charge in [0.15, 0.2) is 5.11 Å². The number of hydrogen-bond donors (Lipinski definition) is 3. The quantitative estimate of drug-likeness (QED) is 0.545. The molecule has 2 aromatic heterocycles. The van der Waals surface area contributed by atoms with E-state index in [0.29, 0.717) is 18.1 Å². The Hall–Kier alpha value is -3.19. The third-order valence-electron chi connectivity index (χ3n) is 5.14. The van der Waals surface area contributed by atoms with Crippen molar-refractivity contribution in [2.75, 3.05) is 11.9 Å². The van der Waals surface area contributed by atoms with Gasteiger partial charge in [0.05, 0.1) is 17.8 Å². The summed E-state index contributed by atoms with van der Waals surface area (Å²) in [6.45, 7) is 2.49. The van der Waals surface area contributed by atoms with E-state index in [0.717, 1.165) is 22.6 Å². The Morgan fingerprint density at radius 3 is 2.72 bits per heavy atom. The van der Waals surface area contributed by atoms with Crippen molar-refractivity contribution in [3.63, 3.8) is 0 Å². The van der Waals surface area contributed by atoms with E-state index in [1.54, 1.807) is 6.20 Å². The first-order valence-corrected chi connectivity index (χ1v) is 10.0. The molecule has 3 N–H and O–H groups in total. The number of pyridine rings is 1. The molecule has 0 bridgehead atoms. The van der Waals surface area contributed by atoms with Gasteiger partial charge >= 0.3 is 0 Å². The van der Waals surface area contributed by atoms with Gasteiger partial charge < -0.3 is 20.5 Å². The predicted octanol–water partition coefficient (Wildman–Crippen LogP) is 3.72. The summed E-state index contributed by atoms with van der Waals surface area (Å²) in [5, 5.41) is 7.01. The maximum Gasteiger partial charge on any atom is 0.226 e. The maximum atomic E-state index is 12.6. The second-order valence-electron chi connectivity index (χ2n) is 7.06. The number of H-pyrrole nitrogens is 1. The van der Waals surface area contributed by atoms with Crippen LogP contribution in [-0.2, 0) is 4.79 Å². The van der Waals surface area contributed by atoms with Crippen LogP contribution >= 0.6 is 12.2 Å². The lowest BCUT2D eigenvalue weighted by Crippen LogP contribution is -2.32. The van der Waals surface area contributed by atoms with Crippen molar-refractivity contribution in [2.45, 2.75) is 25.4 Å². The number of nitrogens with one attached hydrogen (secondary N) is 3. The van der Waals surface area contributed by atoms with Crippen LogP contribution in [0, 0.1) is 6.92 Å². The Morgan fingerprint density at radius 1 is 1.17 bits per heavy atom. The van der Waals surface area contributed by atoms with Crippen LogP contribution in [0.25, 0.3) is 0 Å². The van der Waals surface area contributed by atoms with Crippen molar-refractivity contribution in [3.8, 4) is 0 Å². The van der Waals surface area contributed by atoms with Crippen LogP contribution < -0.4 is 10.6 Å². The predicted molar refractivity (Wildman–Crippen MR) is 117 cm³/mol. The van der Waals surface area contributed by atoms with Crippen molar-refractivity contribution in [1.29, 1.82) is 0 Å². The second kappa shape index (κ2) is 8.45.